The van der Waals surface area contributed by atoms with Crippen molar-refractivity contribution >= 4 is 5.91 Å². The molecule has 0 radical (unpaired) electrons. The van der Waals surface area contributed by atoms with Crippen molar-refractivity contribution in [3.63, 3.8) is 0 Å². The van der Waals surface area contributed by atoms with Gasteiger partial charge in [-0.2, -0.15) is 0 Å². The Morgan fingerprint density at radius 2 is 2.08 bits per heavy atom. The number of likely N-dealkylation sites (tertiary alicyclic amines) is 1. The molecule has 0 aromatic rings. The predicted molar refractivity (Wildman–Crippen MR) is 53.2 cm³/mol. The molecule has 1 heterocycles. The first-order chi connectivity index (χ1) is 6.20. The molecule has 0 aromatic carbocycles. The number of hydrogen-bond donors (Lipinski definition) is 1. The van der Waals surface area contributed by atoms with Crippen LogP contribution < -0.4 is 5.73 Å². The molecule has 0 saturated carbocycles. The van der Waals surface area contributed by atoms with Crippen molar-refractivity contribution in [1.82, 2.24) is 4.90 Å². The van der Waals surface area contributed by atoms with Crippen molar-refractivity contribution in [1.29, 1.82) is 0 Å². The van der Waals surface area contributed by atoms with Gasteiger partial charge >= 0.3 is 0 Å². The molecule has 0 bridgehead atoms. The molecular weight excluding hydrogens is 164 g/mol. The highest BCUT2D eigenvalue weighted by atomic mass is 16.1. The van der Waals surface area contributed by atoms with Gasteiger partial charge in [-0.05, 0) is 39.3 Å². The SMILES string of the molecule is CC(=CCCN1CCCC1)C(N)=O. The van der Waals surface area contributed by atoms with Crippen LogP contribution in [0.15, 0.2) is 11.6 Å². The zero-order chi connectivity index (χ0) is 9.68. The zero-order valence-corrected chi connectivity index (χ0v) is 8.25. The van der Waals surface area contributed by atoms with Gasteiger partial charge in [0, 0.05) is 12.1 Å². The van der Waals surface area contributed by atoms with Crippen molar-refractivity contribution in [2.45, 2.75) is 26.2 Å². The van der Waals surface area contributed by atoms with Gasteiger partial charge in [-0.15, -0.1) is 0 Å². The summed E-state index contributed by atoms with van der Waals surface area (Å²) in [6.45, 7) is 5.25. The number of amides is 1. The maximum absolute atomic E-state index is 10.7. The summed E-state index contributed by atoms with van der Waals surface area (Å²) in [5.74, 6) is -0.304. The Bertz CT molecular complexity index is 205. The fourth-order valence-corrected chi connectivity index (χ4v) is 1.57. The highest BCUT2D eigenvalue weighted by Gasteiger charge is 2.09. The van der Waals surface area contributed by atoms with Gasteiger partial charge < -0.3 is 10.6 Å². The lowest BCUT2D eigenvalue weighted by Gasteiger charge is -2.12. The van der Waals surface area contributed by atoms with Crippen LogP contribution in [0.25, 0.3) is 0 Å². The van der Waals surface area contributed by atoms with Crippen molar-refractivity contribution in [3.8, 4) is 0 Å². The standard InChI is InChI=1S/C10H18N2O/c1-9(10(11)13)5-4-8-12-6-2-3-7-12/h5H,2-4,6-8H2,1H3,(H2,11,13). The third kappa shape index (κ3) is 3.59. The van der Waals surface area contributed by atoms with E-state index in [1.54, 1.807) is 6.92 Å². The van der Waals surface area contributed by atoms with E-state index in [1.165, 1.54) is 25.9 Å². The molecule has 0 unspecified atom stereocenters. The molecule has 0 atom stereocenters. The van der Waals surface area contributed by atoms with E-state index in [9.17, 15) is 4.79 Å². The van der Waals surface area contributed by atoms with Gasteiger partial charge in [-0.25, -0.2) is 0 Å². The van der Waals surface area contributed by atoms with E-state index < -0.39 is 0 Å². The first-order valence-electron chi connectivity index (χ1n) is 4.89. The van der Waals surface area contributed by atoms with E-state index in [0.29, 0.717) is 5.57 Å². The molecule has 0 spiro atoms. The predicted octanol–water partition coefficient (Wildman–Crippen LogP) is 0.904. The number of carbonyl (C=O) groups excluding carboxylic acids is 1. The van der Waals surface area contributed by atoms with Crippen LogP contribution in [-0.2, 0) is 4.79 Å². The van der Waals surface area contributed by atoms with E-state index in [0.717, 1.165) is 13.0 Å². The maximum atomic E-state index is 10.7. The van der Waals surface area contributed by atoms with Crippen molar-refractivity contribution in [2.75, 3.05) is 19.6 Å². The fraction of sp³-hybridized carbons (Fsp3) is 0.700. The summed E-state index contributed by atoms with van der Waals surface area (Å²) >= 11 is 0. The smallest absolute Gasteiger partial charge is 0.244 e. The molecule has 2 N–H and O–H groups in total. The second kappa shape index (κ2) is 5.02. The molecule has 1 aliphatic heterocycles. The summed E-state index contributed by atoms with van der Waals surface area (Å²) in [7, 11) is 0. The summed E-state index contributed by atoms with van der Waals surface area (Å²) < 4.78 is 0. The lowest BCUT2D eigenvalue weighted by atomic mass is 10.2. The number of nitrogens with two attached hydrogens (primary N) is 1. The Hall–Kier alpha value is -0.830. The number of rotatable bonds is 4. The second-order valence-electron chi connectivity index (χ2n) is 3.59. The van der Waals surface area contributed by atoms with Gasteiger partial charge in [0.1, 0.15) is 0 Å². The molecule has 0 aromatic heterocycles. The van der Waals surface area contributed by atoms with Gasteiger partial charge in [0.25, 0.3) is 0 Å². The normalized spacial score (nSPS) is 19.3. The Morgan fingerprint density at radius 3 is 2.62 bits per heavy atom. The molecular formula is C10H18N2O. The molecule has 1 saturated heterocycles. The maximum Gasteiger partial charge on any atom is 0.244 e. The van der Waals surface area contributed by atoms with Crippen LogP contribution in [0.3, 0.4) is 0 Å². The van der Waals surface area contributed by atoms with Crippen LogP contribution in [0, 0.1) is 0 Å². The summed E-state index contributed by atoms with van der Waals surface area (Å²) in [5.41, 5.74) is 5.79. The summed E-state index contributed by atoms with van der Waals surface area (Å²) in [6, 6.07) is 0. The van der Waals surface area contributed by atoms with E-state index in [2.05, 4.69) is 4.90 Å². The molecule has 1 rings (SSSR count). The van der Waals surface area contributed by atoms with Crippen LogP contribution in [-0.4, -0.2) is 30.4 Å². The van der Waals surface area contributed by atoms with Gasteiger partial charge in [-0.3, -0.25) is 4.79 Å². The molecule has 1 aliphatic rings. The lowest BCUT2D eigenvalue weighted by molar-refractivity contribution is -0.114. The largest absolute Gasteiger partial charge is 0.366 e. The number of carbonyl (C=O) groups is 1. The molecule has 74 valence electrons. The Balaban J connectivity index is 2.18. The topological polar surface area (TPSA) is 46.3 Å². The monoisotopic (exact) mass is 182 g/mol. The van der Waals surface area contributed by atoms with Gasteiger partial charge in [0.2, 0.25) is 5.91 Å². The summed E-state index contributed by atoms with van der Waals surface area (Å²) in [5, 5.41) is 0. The fourth-order valence-electron chi connectivity index (χ4n) is 1.57. The minimum atomic E-state index is -0.304. The molecule has 3 nitrogen and oxygen atoms in total. The highest BCUT2D eigenvalue weighted by molar-refractivity contribution is 5.91. The summed E-state index contributed by atoms with van der Waals surface area (Å²) in [4.78, 5) is 13.1. The van der Waals surface area contributed by atoms with E-state index >= 15 is 0 Å². The van der Waals surface area contributed by atoms with E-state index in [4.69, 9.17) is 5.73 Å². The minimum absolute atomic E-state index is 0.304. The van der Waals surface area contributed by atoms with Crippen LogP contribution in [0.4, 0.5) is 0 Å². The lowest BCUT2D eigenvalue weighted by Crippen LogP contribution is -2.20. The molecule has 13 heavy (non-hydrogen) atoms. The number of hydrogen-bond acceptors (Lipinski definition) is 2. The van der Waals surface area contributed by atoms with E-state index in [-0.39, 0.29) is 5.91 Å². The Kier molecular flexibility index (Phi) is 3.96. The number of nitrogens with zero attached hydrogens (tertiary/aromatic N) is 1. The Labute approximate surface area is 79.6 Å². The average molecular weight is 182 g/mol. The Morgan fingerprint density at radius 1 is 1.46 bits per heavy atom. The second-order valence-corrected chi connectivity index (χ2v) is 3.59. The van der Waals surface area contributed by atoms with Crippen LogP contribution in [0.2, 0.25) is 0 Å². The first kappa shape index (κ1) is 10.3. The molecule has 3 heteroatoms. The zero-order valence-electron chi connectivity index (χ0n) is 8.25. The van der Waals surface area contributed by atoms with Crippen LogP contribution in [0.1, 0.15) is 26.2 Å². The molecule has 1 amide bonds. The van der Waals surface area contributed by atoms with Gasteiger partial charge in [0.15, 0.2) is 0 Å². The molecule has 0 aliphatic carbocycles. The average Bonchev–Trinajstić information content (AvgIpc) is 2.56. The van der Waals surface area contributed by atoms with E-state index in [1.807, 2.05) is 6.08 Å². The van der Waals surface area contributed by atoms with Crippen molar-refractivity contribution < 1.29 is 4.79 Å². The minimum Gasteiger partial charge on any atom is -0.366 e. The summed E-state index contributed by atoms with van der Waals surface area (Å²) in [6.07, 6.45) is 5.51. The first-order valence-corrected chi connectivity index (χ1v) is 4.89. The van der Waals surface area contributed by atoms with Gasteiger partial charge in [0.05, 0.1) is 0 Å². The third-order valence-electron chi connectivity index (χ3n) is 2.48. The molecule has 1 fully saturated rings. The van der Waals surface area contributed by atoms with Gasteiger partial charge in [-0.1, -0.05) is 6.08 Å². The highest BCUT2D eigenvalue weighted by Crippen LogP contribution is 2.08. The quantitative estimate of drug-likeness (QED) is 0.657. The van der Waals surface area contributed by atoms with Crippen molar-refractivity contribution in [2.24, 2.45) is 5.73 Å². The third-order valence-corrected chi connectivity index (χ3v) is 2.48. The van der Waals surface area contributed by atoms with Crippen molar-refractivity contribution in [3.05, 3.63) is 11.6 Å². The van der Waals surface area contributed by atoms with Crippen LogP contribution >= 0.6 is 0 Å². The number of primary amides is 1. The van der Waals surface area contributed by atoms with Crippen LogP contribution in [0.5, 0.6) is 0 Å².